The summed E-state index contributed by atoms with van der Waals surface area (Å²) < 4.78 is 0. The monoisotopic (exact) mass is 267 g/mol. The fraction of sp³-hybridized carbons (Fsp3) is 0.0667. The Labute approximate surface area is 115 Å². The van der Waals surface area contributed by atoms with Gasteiger partial charge in [0.05, 0.1) is 23.5 Å². The minimum Gasteiger partial charge on any atom is -0.338 e. The normalized spacial score (nSPS) is 10.5. The molecule has 0 unspecified atom stereocenters. The molecule has 4 heteroatoms. The molecule has 3 nitrogen and oxygen atoms in total. The van der Waals surface area contributed by atoms with Crippen molar-refractivity contribution in [1.29, 1.82) is 5.26 Å². The van der Waals surface area contributed by atoms with Gasteiger partial charge in [0, 0.05) is 10.6 Å². The third-order valence-corrected chi connectivity index (χ3v) is 3.20. The standard InChI is InChI=1S/C15H10ClN3/c16-12-4-2-11(3-5-12)15-18-13-6-1-10(7-8-17)9-14(13)19-15/h1-6,9H,7H2,(H,18,19). The second-order valence-electron chi connectivity index (χ2n) is 4.28. The van der Waals surface area contributed by atoms with Gasteiger partial charge in [0.25, 0.3) is 0 Å². The summed E-state index contributed by atoms with van der Waals surface area (Å²) in [4.78, 5) is 7.80. The van der Waals surface area contributed by atoms with Crippen LogP contribution < -0.4 is 0 Å². The van der Waals surface area contributed by atoms with E-state index < -0.39 is 0 Å². The van der Waals surface area contributed by atoms with Gasteiger partial charge in [-0.15, -0.1) is 0 Å². The van der Waals surface area contributed by atoms with Crippen molar-refractivity contribution in [2.24, 2.45) is 0 Å². The first-order chi connectivity index (χ1) is 9.26. The van der Waals surface area contributed by atoms with Crippen LogP contribution in [0.15, 0.2) is 42.5 Å². The summed E-state index contributed by atoms with van der Waals surface area (Å²) in [5, 5.41) is 9.42. The highest BCUT2D eigenvalue weighted by atomic mass is 35.5. The van der Waals surface area contributed by atoms with E-state index in [-0.39, 0.29) is 0 Å². The second-order valence-corrected chi connectivity index (χ2v) is 4.72. The average molecular weight is 268 g/mol. The molecule has 1 aromatic heterocycles. The topological polar surface area (TPSA) is 52.5 Å². The Balaban J connectivity index is 2.06. The summed E-state index contributed by atoms with van der Waals surface area (Å²) in [6.45, 7) is 0. The van der Waals surface area contributed by atoms with Gasteiger partial charge < -0.3 is 4.98 Å². The van der Waals surface area contributed by atoms with Crippen LogP contribution >= 0.6 is 11.6 Å². The molecule has 0 radical (unpaired) electrons. The molecule has 0 saturated heterocycles. The van der Waals surface area contributed by atoms with Crippen LogP contribution in [0.5, 0.6) is 0 Å². The number of rotatable bonds is 2. The Morgan fingerprint density at radius 3 is 2.68 bits per heavy atom. The SMILES string of the molecule is N#CCc1ccc2nc(-c3ccc(Cl)cc3)[nH]c2c1. The third kappa shape index (κ3) is 2.31. The molecule has 19 heavy (non-hydrogen) atoms. The minimum atomic E-state index is 0.408. The van der Waals surface area contributed by atoms with E-state index >= 15 is 0 Å². The Kier molecular flexibility index (Phi) is 2.94. The number of nitriles is 1. The Bertz CT molecular complexity index is 766. The van der Waals surface area contributed by atoms with E-state index in [2.05, 4.69) is 16.0 Å². The van der Waals surface area contributed by atoms with Gasteiger partial charge >= 0.3 is 0 Å². The van der Waals surface area contributed by atoms with Crippen LogP contribution in [0.25, 0.3) is 22.4 Å². The molecule has 92 valence electrons. The van der Waals surface area contributed by atoms with Crippen molar-refractivity contribution in [2.45, 2.75) is 6.42 Å². The number of nitrogens with zero attached hydrogens (tertiary/aromatic N) is 2. The van der Waals surface area contributed by atoms with Gasteiger partial charge in [-0.25, -0.2) is 4.98 Å². The first kappa shape index (κ1) is 11.8. The van der Waals surface area contributed by atoms with Crippen molar-refractivity contribution in [3.05, 3.63) is 53.1 Å². The summed E-state index contributed by atoms with van der Waals surface area (Å²) in [7, 11) is 0. The van der Waals surface area contributed by atoms with Crippen molar-refractivity contribution in [3.8, 4) is 17.5 Å². The first-order valence-electron chi connectivity index (χ1n) is 5.88. The number of hydrogen-bond acceptors (Lipinski definition) is 2. The van der Waals surface area contributed by atoms with Crippen LogP contribution in [0.2, 0.25) is 5.02 Å². The lowest BCUT2D eigenvalue weighted by molar-refractivity contribution is 1.27. The molecule has 0 fully saturated rings. The lowest BCUT2D eigenvalue weighted by Crippen LogP contribution is -1.80. The molecule has 3 aromatic rings. The Morgan fingerprint density at radius 1 is 1.16 bits per heavy atom. The van der Waals surface area contributed by atoms with E-state index in [1.807, 2.05) is 42.5 Å². The van der Waals surface area contributed by atoms with Gasteiger partial charge in [0.15, 0.2) is 0 Å². The first-order valence-corrected chi connectivity index (χ1v) is 6.25. The number of hydrogen-bond donors (Lipinski definition) is 1. The molecule has 0 aliphatic carbocycles. The number of imidazole rings is 1. The maximum absolute atomic E-state index is 8.71. The van der Waals surface area contributed by atoms with Gasteiger partial charge in [-0.2, -0.15) is 5.26 Å². The molecule has 3 rings (SSSR count). The summed E-state index contributed by atoms with van der Waals surface area (Å²) in [6, 6.07) is 15.5. The number of benzene rings is 2. The molecule has 0 spiro atoms. The van der Waals surface area contributed by atoms with Crippen molar-refractivity contribution in [1.82, 2.24) is 9.97 Å². The van der Waals surface area contributed by atoms with E-state index in [0.29, 0.717) is 11.4 Å². The van der Waals surface area contributed by atoms with Gasteiger partial charge in [-0.3, -0.25) is 0 Å². The van der Waals surface area contributed by atoms with Crippen molar-refractivity contribution in [3.63, 3.8) is 0 Å². The highest BCUT2D eigenvalue weighted by Crippen LogP contribution is 2.22. The second kappa shape index (κ2) is 4.75. The van der Waals surface area contributed by atoms with E-state index in [1.54, 1.807) is 0 Å². The Hall–Kier alpha value is -2.31. The summed E-state index contributed by atoms with van der Waals surface area (Å²) in [6.07, 6.45) is 0.408. The number of H-pyrrole nitrogens is 1. The molecular formula is C15H10ClN3. The van der Waals surface area contributed by atoms with Crippen molar-refractivity contribution >= 4 is 22.6 Å². The zero-order valence-electron chi connectivity index (χ0n) is 10.0. The zero-order chi connectivity index (χ0) is 13.2. The quantitative estimate of drug-likeness (QED) is 0.764. The van der Waals surface area contributed by atoms with Crippen LogP contribution in [-0.2, 0) is 6.42 Å². The smallest absolute Gasteiger partial charge is 0.138 e. The van der Waals surface area contributed by atoms with Crippen LogP contribution in [-0.4, -0.2) is 9.97 Å². The summed E-state index contributed by atoms with van der Waals surface area (Å²) in [5.74, 6) is 0.806. The molecular weight excluding hydrogens is 258 g/mol. The highest BCUT2D eigenvalue weighted by Gasteiger charge is 2.05. The van der Waals surface area contributed by atoms with E-state index in [9.17, 15) is 0 Å². The predicted octanol–water partition coefficient (Wildman–Crippen LogP) is 3.95. The molecule has 1 N–H and O–H groups in total. The van der Waals surface area contributed by atoms with Gasteiger partial charge in [-0.1, -0.05) is 17.7 Å². The molecule has 0 bridgehead atoms. The van der Waals surface area contributed by atoms with Crippen LogP contribution in [0.1, 0.15) is 5.56 Å². The molecule has 2 aromatic carbocycles. The fourth-order valence-electron chi connectivity index (χ4n) is 2.00. The fourth-order valence-corrected chi connectivity index (χ4v) is 2.13. The third-order valence-electron chi connectivity index (χ3n) is 2.95. The van der Waals surface area contributed by atoms with Crippen LogP contribution in [0.3, 0.4) is 0 Å². The highest BCUT2D eigenvalue weighted by molar-refractivity contribution is 6.30. The van der Waals surface area contributed by atoms with Gasteiger partial charge in [-0.05, 0) is 42.0 Å². The lowest BCUT2D eigenvalue weighted by atomic mass is 10.1. The Morgan fingerprint density at radius 2 is 1.95 bits per heavy atom. The molecule has 0 aliphatic rings. The average Bonchev–Trinajstić information content (AvgIpc) is 2.83. The molecule has 0 amide bonds. The molecule has 0 saturated carbocycles. The van der Waals surface area contributed by atoms with E-state index in [4.69, 9.17) is 16.9 Å². The predicted molar refractivity (Wildman–Crippen MR) is 75.9 cm³/mol. The van der Waals surface area contributed by atoms with Gasteiger partial charge in [0.2, 0.25) is 0 Å². The van der Waals surface area contributed by atoms with E-state index in [0.717, 1.165) is 28.0 Å². The summed E-state index contributed by atoms with van der Waals surface area (Å²) >= 11 is 5.87. The number of aromatic amines is 1. The van der Waals surface area contributed by atoms with Crippen molar-refractivity contribution in [2.75, 3.05) is 0 Å². The molecule has 0 atom stereocenters. The number of nitrogens with one attached hydrogen (secondary N) is 1. The molecule has 1 heterocycles. The largest absolute Gasteiger partial charge is 0.338 e. The van der Waals surface area contributed by atoms with Crippen LogP contribution in [0, 0.1) is 11.3 Å². The van der Waals surface area contributed by atoms with Crippen LogP contribution in [0.4, 0.5) is 0 Å². The summed E-state index contributed by atoms with van der Waals surface area (Å²) in [5.41, 5.74) is 3.81. The zero-order valence-corrected chi connectivity index (χ0v) is 10.8. The van der Waals surface area contributed by atoms with Crippen molar-refractivity contribution < 1.29 is 0 Å². The number of fused-ring (bicyclic) bond motifs is 1. The number of aromatic nitrogens is 2. The number of halogens is 1. The minimum absolute atomic E-state index is 0.408. The van der Waals surface area contributed by atoms with E-state index in [1.165, 1.54) is 0 Å². The molecule has 0 aliphatic heterocycles. The lowest BCUT2D eigenvalue weighted by Gasteiger charge is -1.95. The maximum atomic E-state index is 8.71. The van der Waals surface area contributed by atoms with Gasteiger partial charge in [0.1, 0.15) is 5.82 Å². The maximum Gasteiger partial charge on any atom is 0.138 e.